The first kappa shape index (κ1) is 11.1. The van der Waals surface area contributed by atoms with Crippen molar-refractivity contribution >= 4 is 17.2 Å². The molecule has 1 aromatic carbocycles. The number of nitrogens with zero attached hydrogens (tertiary/aromatic N) is 1. The van der Waals surface area contributed by atoms with E-state index in [9.17, 15) is 0 Å². The van der Waals surface area contributed by atoms with Crippen molar-refractivity contribution in [3.05, 3.63) is 47.7 Å². The number of aromatic nitrogens is 1. The van der Waals surface area contributed by atoms with E-state index in [-0.39, 0.29) is 0 Å². The SMILES string of the molecule is Nc1ncccc1Nc1cccc2c1CCCC2. The predicted molar refractivity (Wildman–Crippen MR) is 75.0 cm³/mol. The molecule has 0 atom stereocenters. The lowest BCUT2D eigenvalue weighted by Gasteiger charge is -2.20. The molecule has 1 heterocycles. The van der Waals surface area contributed by atoms with Gasteiger partial charge in [0.15, 0.2) is 0 Å². The lowest BCUT2D eigenvalue weighted by Crippen LogP contribution is -2.07. The van der Waals surface area contributed by atoms with Crippen LogP contribution in [0.5, 0.6) is 0 Å². The number of nitrogens with one attached hydrogen (secondary N) is 1. The average molecular weight is 239 g/mol. The second-order valence-corrected chi connectivity index (χ2v) is 4.71. The molecule has 3 heteroatoms. The van der Waals surface area contributed by atoms with Crippen molar-refractivity contribution in [2.24, 2.45) is 0 Å². The zero-order chi connectivity index (χ0) is 12.4. The number of nitrogens with two attached hydrogens (primary N) is 1. The van der Waals surface area contributed by atoms with Crippen molar-refractivity contribution in [1.82, 2.24) is 4.98 Å². The Morgan fingerprint density at radius 3 is 2.72 bits per heavy atom. The molecule has 3 N–H and O–H groups in total. The molecule has 0 amide bonds. The normalized spacial score (nSPS) is 14.0. The number of fused-ring (bicyclic) bond motifs is 1. The standard InChI is InChI=1S/C15H17N3/c16-15-14(9-4-10-17-15)18-13-8-3-6-11-5-1-2-7-12(11)13/h3-4,6,8-10,18H,1-2,5,7H2,(H2,16,17). The van der Waals surface area contributed by atoms with Gasteiger partial charge in [0.2, 0.25) is 0 Å². The van der Waals surface area contributed by atoms with E-state index in [0.717, 1.165) is 12.1 Å². The van der Waals surface area contributed by atoms with Crippen LogP contribution in [-0.2, 0) is 12.8 Å². The maximum absolute atomic E-state index is 5.87. The fourth-order valence-corrected chi connectivity index (χ4v) is 2.57. The molecule has 3 rings (SSSR count). The maximum atomic E-state index is 5.87. The van der Waals surface area contributed by atoms with E-state index < -0.39 is 0 Å². The summed E-state index contributed by atoms with van der Waals surface area (Å²) in [6.07, 6.45) is 6.62. The summed E-state index contributed by atoms with van der Waals surface area (Å²) in [5.41, 5.74) is 10.8. The van der Waals surface area contributed by atoms with Crippen LogP contribution < -0.4 is 11.1 Å². The third kappa shape index (κ3) is 2.04. The molecule has 0 saturated heterocycles. The molecule has 0 aliphatic heterocycles. The van der Waals surface area contributed by atoms with E-state index in [1.807, 2.05) is 12.1 Å². The Kier molecular flexibility index (Phi) is 2.89. The molecule has 18 heavy (non-hydrogen) atoms. The van der Waals surface area contributed by atoms with Crippen LogP contribution in [0.15, 0.2) is 36.5 Å². The zero-order valence-electron chi connectivity index (χ0n) is 10.3. The van der Waals surface area contributed by atoms with Crippen molar-refractivity contribution in [2.75, 3.05) is 11.1 Å². The fourth-order valence-electron chi connectivity index (χ4n) is 2.57. The molecule has 2 aromatic rings. The van der Waals surface area contributed by atoms with Gasteiger partial charge in [0.05, 0.1) is 5.69 Å². The van der Waals surface area contributed by atoms with Gasteiger partial charge in [-0.2, -0.15) is 0 Å². The topological polar surface area (TPSA) is 50.9 Å². The summed E-state index contributed by atoms with van der Waals surface area (Å²) in [5.74, 6) is 0.547. The first-order valence-electron chi connectivity index (χ1n) is 6.43. The van der Waals surface area contributed by atoms with E-state index in [2.05, 4.69) is 28.5 Å². The van der Waals surface area contributed by atoms with Gasteiger partial charge in [0.25, 0.3) is 0 Å². The summed E-state index contributed by atoms with van der Waals surface area (Å²) in [7, 11) is 0. The Bertz CT molecular complexity index is 563. The fraction of sp³-hybridized carbons (Fsp3) is 0.267. The highest BCUT2D eigenvalue weighted by atomic mass is 15.0. The Hall–Kier alpha value is -2.03. The molecule has 0 saturated carbocycles. The Balaban J connectivity index is 1.96. The monoisotopic (exact) mass is 239 g/mol. The molecule has 0 spiro atoms. The van der Waals surface area contributed by atoms with Gasteiger partial charge in [-0.05, 0) is 55.0 Å². The summed E-state index contributed by atoms with van der Waals surface area (Å²) in [6.45, 7) is 0. The third-order valence-corrected chi connectivity index (χ3v) is 3.50. The van der Waals surface area contributed by atoms with Crippen molar-refractivity contribution < 1.29 is 0 Å². The van der Waals surface area contributed by atoms with Gasteiger partial charge in [-0.3, -0.25) is 0 Å². The number of aryl methyl sites for hydroxylation is 1. The number of nitrogen functional groups attached to an aromatic ring is 1. The van der Waals surface area contributed by atoms with Crippen molar-refractivity contribution in [3.63, 3.8) is 0 Å². The lowest BCUT2D eigenvalue weighted by atomic mass is 9.90. The summed E-state index contributed by atoms with van der Waals surface area (Å²) in [5, 5.41) is 3.41. The van der Waals surface area contributed by atoms with Gasteiger partial charge < -0.3 is 11.1 Å². The molecule has 92 valence electrons. The highest BCUT2D eigenvalue weighted by molar-refractivity contribution is 5.72. The molecular weight excluding hydrogens is 222 g/mol. The minimum atomic E-state index is 0.547. The molecule has 1 aliphatic rings. The quantitative estimate of drug-likeness (QED) is 0.845. The van der Waals surface area contributed by atoms with Crippen LogP contribution in [0.4, 0.5) is 17.2 Å². The molecule has 3 nitrogen and oxygen atoms in total. The summed E-state index contributed by atoms with van der Waals surface area (Å²) < 4.78 is 0. The molecule has 0 bridgehead atoms. The molecule has 1 aliphatic carbocycles. The second-order valence-electron chi connectivity index (χ2n) is 4.71. The average Bonchev–Trinajstić information content (AvgIpc) is 2.42. The second kappa shape index (κ2) is 4.69. The Morgan fingerprint density at radius 2 is 1.83 bits per heavy atom. The van der Waals surface area contributed by atoms with E-state index in [4.69, 9.17) is 5.73 Å². The summed E-state index contributed by atoms with van der Waals surface area (Å²) in [6, 6.07) is 10.3. The third-order valence-electron chi connectivity index (χ3n) is 3.50. The van der Waals surface area contributed by atoms with Crippen molar-refractivity contribution in [2.45, 2.75) is 25.7 Å². The van der Waals surface area contributed by atoms with Crippen LogP contribution >= 0.6 is 0 Å². The zero-order valence-corrected chi connectivity index (χ0v) is 10.3. The van der Waals surface area contributed by atoms with E-state index in [1.165, 1.54) is 36.1 Å². The molecule has 0 fully saturated rings. The van der Waals surface area contributed by atoms with Gasteiger partial charge in [0.1, 0.15) is 5.82 Å². The van der Waals surface area contributed by atoms with E-state index in [0.29, 0.717) is 5.82 Å². The lowest BCUT2D eigenvalue weighted by molar-refractivity contribution is 0.687. The summed E-state index contributed by atoms with van der Waals surface area (Å²) >= 11 is 0. The maximum Gasteiger partial charge on any atom is 0.147 e. The van der Waals surface area contributed by atoms with Gasteiger partial charge in [-0.1, -0.05) is 12.1 Å². The van der Waals surface area contributed by atoms with Crippen molar-refractivity contribution in [1.29, 1.82) is 0 Å². The van der Waals surface area contributed by atoms with Crippen LogP contribution in [0.3, 0.4) is 0 Å². The minimum Gasteiger partial charge on any atom is -0.382 e. The molecule has 0 unspecified atom stereocenters. The number of pyridine rings is 1. The Morgan fingerprint density at radius 1 is 1.00 bits per heavy atom. The molecule has 0 radical (unpaired) electrons. The highest BCUT2D eigenvalue weighted by Gasteiger charge is 2.13. The van der Waals surface area contributed by atoms with Crippen LogP contribution in [0.2, 0.25) is 0 Å². The highest BCUT2D eigenvalue weighted by Crippen LogP contribution is 2.30. The number of benzene rings is 1. The van der Waals surface area contributed by atoms with Gasteiger partial charge >= 0.3 is 0 Å². The van der Waals surface area contributed by atoms with E-state index >= 15 is 0 Å². The van der Waals surface area contributed by atoms with E-state index in [1.54, 1.807) is 6.20 Å². The summed E-state index contributed by atoms with van der Waals surface area (Å²) in [4.78, 5) is 4.10. The number of hydrogen-bond donors (Lipinski definition) is 2. The smallest absolute Gasteiger partial charge is 0.147 e. The van der Waals surface area contributed by atoms with Crippen LogP contribution in [0.1, 0.15) is 24.0 Å². The molecular formula is C15H17N3. The first-order valence-corrected chi connectivity index (χ1v) is 6.43. The van der Waals surface area contributed by atoms with Crippen LogP contribution in [0.25, 0.3) is 0 Å². The minimum absolute atomic E-state index is 0.547. The first-order chi connectivity index (χ1) is 8.84. The predicted octanol–water partition coefficient (Wildman–Crippen LogP) is 3.29. The van der Waals surface area contributed by atoms with Crippen LogP contribution in [-0.4, -0.2) is 4.98 Å². The number of hydrogen-bond acceptors (Lipinski definition) is 3. The Labute approximate surface area is 107 Å². The largest absolute Gasteiger partial charge is 0.382 e. The van der Waals surface area contributed by atoms with Crippen molar-refractivity contribution in [3.8, 4) is 0 Å². The number of anilines is 3. The van der Waals surface area contributed by atoms with Gasteiger partial charge in [-0.15, -0.1) is 0 Å². The van der Waals surface area contributed by atoms with Gasteiger partial charge in [-0.25, -0.2) is 4.98 Å². The van der Waals surface area contributed by atoms with Crippen LogP contribution in [0, 0.1) is 0 Å². The molecule has 1 aromatic heterocycles. The van der Waals surface area contributed by atoms with Gasteiger partial charge in [0, 0.05) is 11.9 Å². The number of rotatable bonds is 2.